The van der Waals surface area contributed by atoms with Crippen LogP contribution < -0.4 is 11.1 Å². The summed E-state index contributed by atoms with van der Waals surface area (Å²) in [6.07, 6.45) is -0.661. The highest BCUT2D eigenvalue weighted by Gasteiger charge is 2.16. The first-order valence-electron chi connectivity index (χ1n) is 4.70. The highest BCUT2D eigenvalue weighted by Crippen LogP contribution is 2.13. The van der Waals surface area contributed by atoms with Crippen molar-refractivity contribution in [3.63, 3.8) is 0 Å². The van der Waals surface area contributed by atoms with Gasteiger partial charge in [0.15, 0.2) is 11.6 Å². The minimum atomic E-state index is -0.661. The largest absolute Gasteiger partial charge is 0.444 e. The summed E-state index contributed by atoms with van der Waals surface area (Å²) >= 11 is 0. The number of halogens is 1. The summed E-state index contributed by atoms with van der Waals surface area (Å²) in [6, 6.07) is 2.42. The van der Waals surface area contributed by atoms with Crippen LogP contribution in [-0.2, 0) is 4.74 Å². The van der Waals surface area contributed by atoms with E-state index < -0.39 is 17.5 Å². The van der Waals surface area contributed by atoms with Gasteiger partial charge >= 0.3 is 6.09 Å². The molecule has 5 nitrogen and oxygen atoms in total. The smallest absolute Gasteiger partial charge is 0.413 e. The fourth-order valence-electron chi connectivity index (χ4n) is 0.936. The van der Waals surface area contributed by atoms with Crippen LogP contribution in [0, 0.1) is 5.82 Å². The lowest BCUT2D eigenvalue weighted by molar-refractivity contribution is 0.0635. The maximum Gasteiger partial charge on any atom is 0.413 e. The lowest BCUT2D eigenvalue weighted by atomic mass is 10.2. The molecule has 3 N–H and O–H groups in total. The average molecular weight is 227 g/mol. The predicted molar refractivity (Wildman–Crippen MR) is 58.5 cm³/mol. The molecule has 0 aliphatic carbocycles. The molecule has 1 heterocycles. The predicted octanol–water partition coefficient (Wildman–Crippen LogP) is 2.15. The summed E-state index contributed by atoms with van der Waals surface area (Å²) in [5.41, 5.74) is 4.64. The van der Waals surface area contributed by atoms with Crippen LogP contribution in [0.2, 0.25) is 0 Å². The minimum Gasteiger partial charge on any atom is -0.444 e. The SMILES string of the molecule is CC(C)(C)OC(=O)Nc1ccc(F)c(N)n1. The first-order valence-corrected chi connectivity index (χ1v) is 4.70. The van der Waals surface area contributed by atoms with Crippen molar-refractivity contribution in [3.05, 3.63) is 17.9 Å². The summed E-state index contributed by atoms with van der Waals surface area (Å²) in [7, 11) is 0. The molecule has 0 saturated carbocycles. The number of hydrogen-bond donors (Lipinski definition) is 2. The molecule has 1 amide bonds. The van der Waals surface area contributed by atoms with Crippen LogP contribution in [-0.4, -0.2) is 16.7 Å². The Morgan fingerprint density at radius 3 is 2.62 bits per heavy atom. The summed E-state index contributed by atoms with van der Waals surface area (Å²) in [6.45, 7) is 5.21. The molecule has 1 aromatic rings. The number of rotatable bonds is 1. The molecule has 0 saturated heterocycles. The Bertz CT molecular complexity index is 402. The maximum atomic E-state index is 12.8. The van der Waals surface area contributed by atoms with Gasteiger partial charge in [-0.15, -0.1) is 0 Å². The average Bonchev–Trinajstić information content (AvgIpc) is 2.08. The molecule has 0 bridgehead atoms. The van der Waals surface area contributed by atoms with E-state index in [9.17, 15) is 9.18 Å². The van der Waals surface area contributed by atoms with E-state index in [1.165, 1.54) is 6.07 Å². The number of nitrogens with zero attached hydrogens (tertiary/aromatic N) is 1. The van der Waals surface area contributed by atoms with Gasteiger partial charge in [-0.25, -0.2) is 14.2 Å². The van der Waals surface area contributed by atoms with Crippen LogP contribution in [0.1, 0.15) is 20.8 Å². The Morgan fingerprint density at radius 2 is 2.12 bits per heavy atom. The van der Waals surface area contributed by atoms with Crippen molar-refractivity contribution in [2.45, 2.75) is 26.4 Å². The molecule has 16 heavy (non-hydrogen) atoms. The van der Waals surface area contributed by atoms with Crippen LogP contribution in [0.5, 0.6) is 0 Å². The monoisotopic (exact) mass is 227 g/mol. The van der Waals surface area contributed by atoms with Gasteiger partial charge in [0.2, 0.25) is 0 Å². The molecule has 0 atom stereocenters. The number of nitrogens with one attached hydrogen (secondary N) is 1. The van der Waals surface area contributed by atoms with Gasteiger partial charge in [0.05, 0.1) is 0 Å². The molecule has 0 fully saturated rings. The molecule has 0 aliphatic heterocycles. The molecule has 1 rings (SSSR count). The number of carbonyl (C=O) groups excluding carboxylic acids is 1. The van der Waals surface area contributed by atoms with Crippen LogP contribution in [0.4, 0.5) is 20.8 Å². The molecule has 1 aromatic heterocycles. The minimum absolute atomic E-state index is 0.146. The lowest BCUT2D eigenvalue weighted by Crippen LogP contribution is -2.27. The van der Waals surface area contributed by atoms with Crippen molar-refractivity contribution in [3.8, 4) is 0 Å². The van der Waals surface area contributed by atoms with Crippen molar-refractivity contribution >= 4 is 17.7 Å². The van der Waals surface area contributed by atoms with E-state index in [1.54, 1.807) is 20.8 Å². The van der Waals surface area contributed by atoms with E-state index in [0.29, 0.717) is 0 Å². The molecule has 0 unspecified atom stereocenters. The van der Waals surface area contributed by atoms with Gasteiger partial charge < -0.3 is 10.5 Å². The molecule has 0 aromatic carbocycles. The Hall–Kier alpha value is -1.85. The van der Waals surface area contributed by atoms with E-state index in [2.05, 4.69) is 10.3 Å². The maximum absolute atomic E-state index is 12.8. The molecule has 0 spiro atoms. The van der Waals surface area contributed by atoms with Crippen LogP contribution >= 0.6 is 0 Å². The van der Waals surface area contributed by atoms with E-state index >= 15 is 0 Å². The van der Waals surface area contributed by atoms with Crippen LogP contribution in [0.25, 0.3) is 0 Å². The van der Waals surface area contributed by atoms with E-state index in [0.717, 1.165) is 6.07 Å². The first kappa shape index (κ1) is 12.2. The van der Waals surface area contributed by atoms with Gasteiger partial charge in [0.25, 0.3) is 0 Å². The van der Waals surface area contributed by atoms with Crippen LogP contribution in [0.3, 0.4) is 0 Å². The van der Waals surface area contributed by atoms with Crippen molar-refractivity contribution in [1.29, 1.82) is 0 Å². The number of carbonyl (C=O) groups is 1. The number of aromatic nitrogens is 1. The Labute approximate surface area is 92.8 Å². The molecule has 88 valence electrons. The van der Waals surface area contributed by atoms with Crippen molar-refractivity contribution in [2.75, 3.05) is 11.1 Å². The fourth-order valence-corrected chi connectivity index (χ4v) is 0.936. The number of amides is 1. The second-order valence-electron chi connectivity index (χ2n) is 4.19. The molecule has 6 heteroatoms. The molecular formula is C10H14FN3O2. The first-order chi connectivity index (χ1) is 7.28. The van der Waals surface area contributed by atoms with Gasteiger partial charge in [-0.2, -0.15) is 0 Å². The van der Waals surface area contributed by atoms with Gasteiger partial charge in [-0.1, -0.05) is 0 Å². The number of anilines is 2. The number of nitrogen functional groups attached to an aromatic ring is 1. The van der Waals surface area contributed by atoms with Gasteiger partial charge in [-0.05, 0) is 32.9 Å². The molecule has 0 radical (unpaired) electrons. The van der Waals surface area contributed by atoms with Crippen molar-refractivity contribution < 1.29 is 13.9 Å². The quantitative estimate of drug-likeness (QED) is 0.770. The Balaban J connectivity index is 2.67. The zero-order valence-electron chi connectivity index (χ0n) is 9.37. The third-order valence-electron chi connectivity index (χ3n) is 1.50. The van der Waals surface area contributed by atoms with Crippen LogP contribution in [0.15, 0.2) is 12.1 Å². The Kier molecular flexibility index (Phi) is 3.31. The number of pyridine rings is 1. The van der Waals surface area contributed by atoms with Gasteiger partial charge in [0.1, 0.15) is 11.4 Å². The van der Waals surface area contributed by atoms with Crippen molar-refractivity contribution in [1.82, 2.24) is 4.98 Å². The zero-order chi connectivity index (χ0) is 12.3. The number of nitrogens with two attached hydrogens (primary N) is 1. The Morgan fingerprint density at radius 1 is 1.50 bits per heavy atom. The van der Waals surface area contributed by atoms with E-state index in [-0.39, 0.29) is 11.6 Å². The standard InChI is InChI=1S/C10H14FN3O2/c1-10(2,3)16-9(15)14-7-5-4-6(11)8(12)13-7/h4-5H,1-3H3,(H3,12,13,14,15). The normalized spacial score (nSPS) is 11.0. The molecular weight excluding hydrogens is 213 g/mol. The summed E-state index contributed by atoms with van der Waals surface area (Å²) in [5.74, 6) is -0.753. The highest BCUT2D eigenvalue weighted by molar-refractivity contribution is 5.83. The summed E-state index contributed by atoms with van der Waals surface area (Å²) < 4.78 is 17.8. The fraction of sp³-hybridized carbons (Fsp3) is 0.400. The van der Waals surface area contributed by atoms with Gasteiger partial charge in [-0.3, -0.25) is 5.32 Å². The highest BCUT2D eigenvalue weighted by atomic mass is 19.1. The third kappa shape index (κ3) is 3.72. The topological polar surface area (TPSA) is 77.2 Å². The van der Waals surface area contributed by atoms with Crippen molar-refractivity contribution in [2.24, 2.45) is 0 Å². The summed E-state index contributed by atoms with van der Waals surface area (Å²) in [5, 5.41) is 2.35. The van der Waals surface area contributed by atoms with Gasteiger partial charge in [0, 0.05) is 0 Å². The lowest BCUT2D eigenvalue weighted by Gasteiger charge is -2.19. The van der Waals surface area contributed by atoms with E-state index in [4.69, 9.17) is 10.5 Å². The number of ether oxygens (including phenoxy) is 1. The van der Waals surface area contributed by atoms with E-state index in [1.807, 2.05) is 0 Å². The molecule has 0 aliphatic rings. The summed E-state index contributed by atoms with van der Waals surface area (Å²) in [4.78, 5) is 14.9. The second-order valence-corrected chi connectivity index (χ2v) is 4.19. The zero-order valence-corrected chi connectivity index (χ0v) is 9.37. The number of hydrogen-bond acceptors (Lipinski definition) is 4. The third-order valence-corrected chi connectivity index (χ3v) is 1.50. The second kappa shape index (κ2) is 4.34.